The molecule has 0 aliphatic carbocycles. The number of rotatable bonds is 2. The van der Waals surface area contributed by atoms with E-state index in [1.807, 2.05) is 42.5 Å². The maximum atomic E-state index is 6.32. The van der Waals surface area contributed by atoms with Gasteiger partial charge in [0, 0.05) is 27.9 Å². The molecule has 4 rings (SSSR count). The van der Waals surface area contributed by atoms with Crippen molar-refractivity contribution >= 4 is 34.8 Å². The zero-order valence-electron chi connectivity index (χ0n) is 12.7. The van der Waals surface area contributed by atoms with Gasteiger partial charge in [-0.2, -0.15) is 0 Å². The average Bonchev–Trinajstić information content (AvgIpc) is 2.98. The lowest BCUT2D eigenvalue weighted by Gasteiger charge is -2.29. The van der Waals surface area contributed by atoms with Crippen LogP contribution in [0, 0.1) is 0 Å². The lowest BCUT2D eigenvalue weighted by atomic mass is 10.0. The third kappa shape index (κ3) is 2.92. The van der Waals surface area contributed by atoms with Crippen molar-refractivity contribution < 1.29 is 9.15 Å². The van der Waals surface area contributed by atoms with E-state index < -0.39 is 0 Å². The molecule has 3 nitrogen and oxygen atoms in total. The third-order valence-electron chi connectivity index (χ3n) is 4.12. The van der Waals surface area contributed by atoms with E-state index in [0.29, 0.717) is 0 Å². The van der Waals surface area contributed by atoms with Crippen LogP contribution in [-0.4, -0.2) is 18.5 Å². The second kappa shape index (κ2) is 6.44. The Balaban J connectivity index is 0.00000156. The van der Waals surface area contributed by atoms with E-state index in [1.54, 1.807) is 6.26 Å². The Morgan fingerprint density at radius 1 is 1.13 bits per heavy atom. The first-order chi connectivity index (χ1) is 10.7. The average molecular weight is 350 g/mol. The first-order valence-electron chi connectivity index (χ1n) is 7.31. The van der Waals surface area contributed by atoms with E-state index in [0.717, 1.165) is 46.0 Å². The number of hydrogen-bond donors (Lipinski definition) is 0. The molecule has 5 heteroatoms. The van der Waals surface area contributed by atoms with Crippen LogP contribution < -0.4 is 4.74 Å². The lowest BCUT2D eigenvalue weighted by molar-refractivity contribution is 0.121. The van der Waals surface area contributed by atoms with E-state index in [4.69, 9.17) is 20.8 Å². The molecule has 120 valence electrons. The summed E-state index contributed by atoms with van der Waals surface area (Å²) in [5, 5.41) is 2.79. The van der Waals surface area contributed by atoms with Gasteiger partial charge in [0.05, 0.1) is 12.8 Å². The first kappa shape index (κ1) is 16.2. The summed E-state index contributed by atoms with van der Waals surface area (Å²) >= 11 is 6.28. The Morgan fingerprint density at radius 2 is 1.91 bits per heavy atom. The fraction of sp³-hybridized carbons (Fsp3) is 0.222. The normalized spacial score (nSPS) is 17.6. The molecule has 0 saturated carbocycles. The van der Waals surface area contributed by atoms with E-state index in [-0.39, 0.29) is 18.5 Å². The minimum Gasteiger partial charge on any atom is -0.484 e. The molecule has 1 aliphatic rings. The SMILES string of the molecule is CN1Cc2occc2C(Oc2ccc(Cl)c3ccccc23)C1.Cl. The van der Waals surface area contributed by atoms with Crippen LogP contribution in [-0.2, 0) is 6.54 Å². The van der Waals surface area contributed by atoms with Crippen molar-refractivity contribution in [2.75, 3.05) is 13.6 Å². The van der Waals surface area contributed by atoms with Crippen molar-refractivity contribution in [1.82, 2.24) is 4.90 Å². The monoisotopic (exact) mass is 349 g/mol. The van der Waals surface area contributed by atoms with E-state index in [1.165, 1.54) is 0 Å². The number of furan rings is 1. The molecule has 23 heavy (non-hydrogen) atoms. The number of likely N-dealkylation sites (N-methyl/N-ethyl adjacent to an activating group) is 1. The number of nitrogens with zero attached hydrogens (tertiary/aromatic N) is 1. The van der Waals surface area contributed by atoms with Crippen LogP contribution in [0.5, 0.6) is 5.75 Å². The molecule has 0 fully saturated rings. The molecule has 0 saturated heterocycles. The van der Waals surface area contributed by atoms with Crippen LogP contribution >= 0.6 is 24.0 Å². The van der Waals surface area contributed by atoms with Crippen molar-refractivity contribution in [1.29, 1.82) is 0 Å². The van der Waals surface area contributed by atoms with Gasteiger partial charge >= 0.3 is 0 Å². The van der Waals surface area contributed by atoms with Gasteiger partial charge in [-0.15, -0.1) is 12.4 Å². The predicted molar refractivity (Wildman–Crippen MR) is 94.6 cm³/mol. The quantitative estimate of drug-likeness (QED) is 0.645. The van der Waals surface area contributed by atoms with Crippen molar-refractivity contribution in [2.24, 2.45) is 0 Å². The largest absolute Gasteiger partial charge is 0.484 e. The molecule has 2 aromatic carbocycles. The van der Waals surface area contributed by atoms with Crippen molar-refractivity contribution in [3.63, 3.8) is 0 Å². The summed E-state index contributed by atoms with van der Waals surface area (Å²) in [6.07, 6.45) is 1.71. The Kier molecular flexibility index (Phi) is 4.53. The first-order valence-corrected chi connectivity index (χ1v) is 7.69. The summed E-state index contributed by atoms with van der Waals surface area (Å²) in [5.74, 6) is 1.84. The number of fused-ring (bicyclic) bond motifs is 2. The number of hydrogen-bond acceptors (Lipinski definition) is 3. The summed E-state index contributed by atoms with van der Waals surface area (Å²) in [4.78, 5) is 2.20. The maximum Gasteiger partial charge on any atom is 0.140 e. The number of halogens is 2. The van der Waals surface area contributed by atoms with Gasteiger partial charge in [-0.25, -0.2) is 0 Å². The van der Waals surface area contributed by atoms with Gasteiger partial charge in [-0.1, -0.05) is 35.9 Å². The van der Waals surface area contributed by atoms with Crippen LogP contribution in [0.25, 0.3) is 10.8 Å². The molecule has 0 bridgehead atoms. The van der Waals surface area contributed by atoms with Crippen molar-refractivity contribution in [3.8, 4) is 5.75 Å². The predicted octanol–water partition coefficient (Wildman–Crippen LogP) is 5.07. The van der Waals surface area contributed by atoms with E-state index in [9.17, 15) is 0 Å². The van der Waals surface area contributed by atoms with E-state index in [2.05, 4.69) is 11.9 Å². The third-order valence-corrected chi connectivity index (χ3v) is 4.45. The minimum absolute atomic E-state index is 0. The van der Waals surface area contributed by atoms with Crippen LogP contribution in [0.15, 0.2) is 53.1 Å². The molecule has 1 unspecified atom stereocenters. The molecular formula is C18H17Cl2NO2. The molecule has 0 amide bonds. The second-order valence-electron chi connectivity index (χ2n) is 5.69. The Bertz CT molecular complexity index is 831. The highest BCUT2D eigenvalue weighted by molar-refractivity contribution is 6.35. The molecule has 1 atom stereocenters. The molecule has 3 aromatic rings. The second-order valence-corrected chi connectivity index (χ2v) is 6.10. The highest BCUT2D eigenvalue weighted by Gasteiger charge is 2.27. The van der Waals surface area contributed by atoms with Gasteiger partial charge in [-0.3, -0.25) is 4.90 Å². The van der Waals surface area contributed by atoms with E-state index >= 15 is 0 Å². The van der Waals surface area contributed by atoms with Gasteiger partial charge in [0.2, 0.25) is 0 Å². The van der Waals surface area contributed by atoms with Gasteiger partial charge in [0.1, 0.15) is 17.6 Å². The van der Waals surface area contributed by atoms with Gasteiger partial charge in [-0.05, 0) is 25.2 Å². The number of ether oxygens (including phenoxy) is 1. The molecule has 1 aliphatic heterocycles. The van der Waals surface area contributed by atoms with Crippen LogP contribution in [0.3, 0.4) is 0 Å². The molecule has 0 spiro atoms. The van der Waals surface area contributed by atoms with Gasteiger partial charge < -0.3 is 9.15 Å². The van der Waals surface area contributed by atoms with Crippen LogP contribution in [0.1, 0.15) is 17.4 Å². The Hall–Kier alpha value is -1.68. The summed E-state index contributed by atoms with van der Waals surface area (Å²) in [5.41, 5.74) is 1.14. The molecule has 1 aromatic heterocycles. The topological polar surface area (TPSA) is 25.6 Å². The smallest absolute Gasteiger partial charge is 0.140 e. The standard InChI is InChI=1S/C18H16ClNO2.ClH/c1-20-10-17-14(8-9-21-17)18(11-20)22-16-7-6-15(19)12-4-2-3-5-13(12)16;/h2-9,18H,10-11H2,1H3;1H. The molecule has 0 N–H and O–H groups in total. The summed E-state index contributed by atoms with van der Waals surface area (Å²) in [6.45, 7) is 1.66. The van der Waals surface area contributed by atoms with Crippen molar-refractivity contribution in [3.05, 3.63) is 65.1 Å². The molecular weight excluding hydrogens is 333 g/mol. The highest BCUT2D eigenvalue weighted by Crippen LogP contribution is 2.36. The minimum atomic E-state index is -0.0305. The number of benzene rings is 2. The van der Waals surface area contributed by atoms with Crippen molar-refractivity contribution in [2.45, 2.75) is 12.6 Å². The fourth-order valence-electron chi connectivity index (χ4n) is 3.05. The molecule has 2 heterocycles. The Labute approximate surface area is 146 Å². The summed E-state index contributed by atoms with van der Waals surface area (Å²) < 4.78 is 11.9. The highest BCUT2D eigenvalue weighted by atomic mass is 35.5. The molecule has 0 radical (unpaired) electrons. The Morgan fingerprint density at radius 3 is 2.74 bits per heavy atom. The maximum absolute atomic E-state index is 6.32. The van der Waals surface area contributed by atoms with Gasteiger partial charge in [0.15, 0.2) is 0 Å². The summed E-state index contributed by atoms with van der Waals surface area (Å²) in [7, 11) is 2.07. The van der Waals surface area contributed by atoms with Crippen LogP contribution in [0.2, 0.25) is 5.02 Å². The van der Waals surface area contributed by atoms with Crippen LogP contribution in [0.4, 0.5) is 0 Å². The summed E-state index contributed by atoms with van der Waals surface area (Å²) in [6, 6.07) is 13.9. The van der Waals surface area contributed by atoms with Gasteiger partial charge in [0.25, 0.3) is 0 Å². The lowest BCUT2D eigenvalue weighted by Crippen LogP contribution is -2.32. The zero-order chi connectivity index (χ0) is 15.1. The fourth-order valence-corrected chi connectivity index (χ4v) is 3.28. The zero-order valence-corrected chi connectivity index (χ0v) is 14.2.